The Morgan fingerprint density at radius 3 is 2.53 bits per heavy atom. The van der Waals surface area contributed by atoms with E-state index in [1.807, 2.05) is 59.2 Å². The van der Waals surface area contributed by atoms with Crippen molar-refractivity contribution in [2.45, 2.75) is 25.9 Å². The molecule has 3 aromatic rings. The molecule has 5 rings (SSSR count). The van der Waals surface area contributed by atoms with Crippen LogP contribution < -0.4 is 0 Å². The van der Waals surface area contributed by atoms with E-state index in [0.29, 0.717) is 26.1 Å². The normalized spacial score (nSPS) is 20.8. The second-order valence-electron chi connectivity index (χ2n) is 8.71. The molecule has 32 heavy (non-hydrogen) atoms. The number of hydrogen-bond acceptors (Lipinski definition) is 5. The number of hydrogen-bond donors (Lipinski definition) is 0. The van der Waals surface area contributed by atoms with Crippen LogP contribution in [0.25, 0.3) is 10.2 Å². The van der Waals surface area contributed by atoms with Crippen molar-refractivity contribution >= 4 is 33.4 Å². The van der Waals surface area contributed by atoms with E-state index in [-0.39, 0.29) is 23.8 Å². The number of carbonyl (C=O) groups is 2. The average Bonchev–Trinajstić information content (AvgIpc) is 3.42. The minimum Gasteiger partial charge on any atom is -0.340 e. The highest BCUT2D eigenvalue weighted by Crippen LogP contribution is 2.30. The standard InChI is InChI=1S/C25H28N4O2S/c1-18(19-7-3-2-4-8-19)29-16-20(15-24(29)30)25(31)28-13-11-27(12-14-28)17-23-26-21-9-5-6-10-22(21)32-23/h2-10,18,20H,11-17H2,1H3. The summed E-state index contributed by atoms with van der Waals surface area (Å²) >= 11 is 1.74. The quantitative estimate of drug-likeness (QED) is 0.599. The molecule has 2 saturated heterocycles. The van der Waals surface area contributed by atoms with E-state index >= 15 is 0 Å². The number of likely N-dealkylation sites (tertiary alicyclic amines) is 1. The second-order valence-corrected chi connectivity index (χ2v) is 9.83. The number of rotatable bonds is 5. The van der Waals surface area contributed by atoms with Crippen LogP contribution >= 0.6 is 11.3 Å². The molecule has 0 radical (unpaired) electrons. The topological polar surface area (TPSA) is 56.8 Å². The average molecular weight is 449 g/mol. The molecular weight excluding hydrogens is 420 g/mol. The number of aromatic nitrogens is 1. The van der Waals surface area contributed by atoms with Gasteiger partial charge in [0.15, 0.2) is 0 Å². The number of fused-ring (bicyclic) bond motifs is 1. The Balaban J connectivity index is 1.15. The van der Waals surface area contributed by atoms with Crippen molar-refractivity contribution in [3.63, 3.8) is 0 Å². The number of benzene rings is 2. The van der Waals surface area contributed by atoms with Gasteiger partial charge in [0.2, 0.25) is 11.8 Å². The molecule has 6 nitrogen and oxygen atoms in total. The summed E-state index contributed by atoms with van der Waals surface area (Å²) in [7, 11) is 0. The van der Waals surface area contributed by atoms with Gasteiger partial charge in [0.1, 0.15) is 5.01 Å². The fraction of sp³-hybridized carbons (Fsp3) is 0.400. The van der Waals surface area contributed by atoms with E-state index < -0.39 is 0 Å². The number of thiazole rings is 1. The predicted molar refractivity (Wildman–Crippen MR) is 126 cm³/mol. The summed E-state index contributed by atoms with van der Waals surface area (Å²) in [6.45, 7) is 6.48. The number of piperazine rings is 1. The number of amides is 2. The second kappa shape index (κ2) is 9.00. The first-order chi connectivity index (χ1) is 15.6. The van der Waals surface area contributed by atoms with E-state index in [4.69, 9.17) is 4.98 Å². The third-order valence-corrected chi connectivity index (χ3v) is 7.66. The number of carbonyl (C=O) groups excluding carboxylic acids is 2. The summed E-state index contributed by atoms with van der Waals surface area (Å²) in [6, 6.07) is 18.3. The molecule has 2 amide bonds. The van der Waals surface area contributed by atoms with E-state index in [9.17, 15) is 9.59 Å². The first kappa shape index (κ1) is 21.1. The van der Waals surface area contributed by atoms with Gasteiger partial charge in [0.05, 0.1) is 28.7 Å². The third kappa shape index (κ3) is 4.27. The maximum Gasteiger partial charge on any atom is 0.228 e. The zero-order valence-electron chi connectivity index (χ0n) is 18.3. The van der Waals surface area contributed by atoms with Gasteiger partial charge in [0.25, 0.3) is 0 Å². The minimum atomic E-state index is -0.232. The Bertz CT molecular complexity index is 1070. The number of nitrogens with zero attached hydrogens (tertiary/aromatic N) is 4. The Kier molecular flexibility index (Phi) is 5.93. The highest BCUT2D eigenvalue weighted by Gasteiger charge is 2.39. The Morgan fingerprint density at radius 1 is 1.06 bits per heavy atom. The molecule has 3 heterocycles. The van der Waals surface area contributed by atoms with Gasteiger partial charge in [-0.1, -0.05) is 42.5 Å². The van der Waals surface area contributed by atoms with Crippen LogP contribution in [0.4, 0.5) is 0 Å². The first-order valence-electron chi connectivity index (χ1n) is 11.3. The van der Waals surface area contributed by atoms with Gasteiger partial charge in [0, 0.05) is 39.1 Å². The van der Waals surface area contributed by atoms with Crippen molar-refractivity contribution in [1.29, 1.82) is 0 Å². The molecule has 2 atom stereocenters. The van der Waals surface area contributed by atoms with Crippen molar-refractivity contribution < 1.29 is 9.59 Å². The molecule has 0 bridgehead atoms. The van der Waals surface area contributed by atoms with Crippen LogP contribution in [0, 0.1) is 5.92 Å². The van der Waals surface area contributed by atoms with E-state index in [1.165, 1.54) is 4.70 Å². The van der Waals surface area contributed by atoms with Crippen molar-refractivity contribution in [1.82, 2.24) is 19.7 Å². The monoisotopic (exact) mass is 448 g/mol. The van der Waals surface area contributed by atoms with Crippen LogP contribution in [-0.4, -0.2) is 64.2 Å². The summed E-state index contributed by atoms with van der Waals surface area (Å²) < 4.78 is 1.22. The van der Waals surface area contributed by atoms with Crippen LogP contribution in [0.1, 0.15) is 30.0 Å². The minimum absolute atomic E-state index is 0.00726. The largest absolute Gasteiger partial charge is 0.340 e. The van der Waals surface area contributed by atoms with E-state index in [0.717, 1.165) is 35.7 Å². The lowest BCUT2D eigenvalue weighted by Gasteiger charge is -2.35. The lowest BCUT2D eigenvalue weighted by molar-refractivity contribution is -0.137. The van der Waals surface area contributed by atoms with Gasteiger partial charge in [-0.3, -0.25) is 14.5 Å². The van der Waals surface area contributed by atoms with Crippen LogP contribution in [0.2, 0.25) is 0 Å². The molecular formula is C25H28N4O2S. The molecule has 1 aromatic heterocycles. The maximum atomic E-state index is 13.2. The molecule has 2 aromatic carbocycles. The first-order valence-corrected chi connectivity index (χ1v) is 12.1. The summed E-state index contributed by atoms with van der Waals surface area (Å²) in [4.78, 5) is 36.7. The van der Waals surface area contributed by atoms with Gasteiger partial charge in [-0.15, -0.1) is 11.3 Å². The Hall–Kier alpha value is -2.77. The lowest BCUT2D eigenvalue weighted by Crippen LogP contribution is -2.50. The van der Waals surface area contributed by atoms with E-state index in [2.05, 4.69) is 17.0 Å². The van der Waals surface area contributed by atoms with Gasteiger partial charge < -0.3 is 9.80 Å². The smallest absolute Gasteiger partial charge is 0.228 e. The van der Waals surface area contributed by atoms with Crippen LogP contribution in [-0.2, 0) is 16.1 Å². The summed E-state index contributed by atoms with van der Waals surface area (Å²) in [6.07, 6.45) is 0.321. The molecule has 0 spiro atoms. The van der Waals surface area contributed by atoms with E-state index in [1.54, 1.807) is 11.3 Å². The molecule has 0 saturated carbocycles. The van der Waals surface area contributed by atoms with Crippen LogP contribution in [0.15, 0.2) is 54.6 Å². The number of para-hydroxylation sites is 1. The Morgan fingerprint density at radius 2 is 1.78 bits per heavy atom. The lowest BCUT2D eigenvalue weighted by atomic mass is 10.1. The SMILES string of the molecule is CC(c1ccccc1)N1CC(C(=O)N2CCN(Cc3nc4ccccc4s3)CC2)CC1=O. The van der Waals surface area contributed by atoms with Crippen molar-refractivity contribution in [3.8, 4) is 0 Å². The molecule has 0 N–H and O–H groups in total. The molecule has 166 valence electrons. The van der Waals surface area contributed by atoms with Crippen molar-refractivity contribution in [2.24, 2.45) is 5.92 Å². The van der Waals surface area contributed by atoms with Gasteiger partial charge in [-0.25, -0.2) is 4.98 Å². The highest BCUT2D eigenvalue weighted by atomic mass is 32.1. The summed E-state index contributed by atoms with van der Waals surface area (Å²) in [5.41, 5.74) is 2.17. The van der Waals surface area contributed by atoms with Gasteiger partial charge in [-0.2, -0.15) is 0 Å². The van der Waals surface area contributed by atoms with Crippen molar-refractivity contribution in [3.05, 3.63) is 65.2 Å². The summed E-state index contributed by atoms with van der Waals surface area (Å²) in [5.74, 6) is -0.0283. The molecule has 2 aliphatic heterocycles. The zero-order chi connectivity index (χ0) is 22.1. The Labute approximate surface area is 192 Å². The molecule has 0 aliphatic carbocycles. The fourth-order valence-electron chi connectivity index (χ4n) is 4.75. The summed E-state index contributed by atoms with van der Waals surface area (Å²) in [5, 5.41) is 1.12. The predicted octanol–water partition coefficient (Wildman–Crippen LogP) is 3.55. The highest BCUT2D eigenvalue weighted by molar-refractivity contribution is 7.18. The van der Waals surface area contributed by atoms with Crippen LogP contribution in [0.5, 0.6) is 0 Å². The molecule has 2 aliphatic rings. The third-order valence-electron chi connectivity index (χ3n) is 6.64. The molecule has 2 fully saturated rings. The van der Waals surface area contributed by atoms with Gasteiger partial charge >= 0.3 is 0 Å². The fourth-order valence-corrected chi connectivity index (χ4v) is 5.76. The van der Waals surface area contributed by atoms with Crippen LogP contribution in [0.3, 0.4) is 0 Å². The van der Waals surface area contributed by atoms with Gasteiger partial charge in [-0.05, 0) is 24.6 Å². The van der Waals surface area contributed by atoms with Crippen molar-refractivity contribution in [2.75, 3.05) is 32.7 Å². The maximum absolute atomic E-state index is 13.2. The molecule has 2 unspecified atom stereocenters. The molecule has 7 heteroatoms. The zero-order valence-corrected chi connectivity index (χ0v) is 19.1.